The lowest BCUT2D eigenvalue weighted by molar-refractivity contribution is -0.113. The summed E-state index contributed by atoms with van der Waals surface area (Å²) < 4.78 is 6.18. The van der Waals surface area contributed by atoms with Gasteiger partial charge in [0.2, 0.25) is 5.91 Å². The number of nitrogens with two attached hydrogens (primary N) is 1. The Balaban J connectivity index is 1.91. The second kappa shape index (κ2) is 6.49. The minimum atomic E-state index is -0.0738. The first-order chi connectivity index (χ1) is 9.19. The first-order valence-corrected chi connectivity index (χ1v) is 7.45. The molecule has 0 fully saturated rings. The standard InChI is InChI=1S/C13H14N2O2S2/c1-17-9-4-5-11(10(14)7-9)15-12(16)8-19-13-3-2-6-18-13/h2-7H,8,14H2,1H3,(H,15,16). The summed E-state index contributed by atoms with van der Waals surface area (Å²) in [6, 6.07) is 9.14. The number of thioether (sulfide) groups is 1. The smallest absolute Gasteiger partial charge is 0.234 e. The summed E-state index contributed by atoms with van der Waals surface area (Å²) in [5, 5.41) is 4.78. The summed E-state index contributed by atoms with van der Waals surface area (Å²) in [6.45, 7) is 0. The van der Waals surface area contributed by atoms with Crippen molar-refractivity contribution in [3.63, 3.8) is 0 Å². The van der Waals surface area contributed by atoms with Crippen LogP contribution < -0.4 is 15.8 Å². The van der Waals surface area contributed by atoms with Gasteiger partial charge in [-0.1, -0.05) is 6.07 Å². The Kier molecular flexibility index (Phi) is 4.70. The van der Waals surface area contributed by atoms with Gasteiger partial charge in [-0.3, -0.25) is 4.79 Å². The lowest BCUT2D eigenvalue weighted by Crippen LogP contribution is -2.15. The van der Waals surface area contributed by atoms with Crippen LogP contribution in [0.25, 0.3) is 0 Å². The van der Waals surface area contributed by atoms with Crippen LogP contribution in [0.5, 0.6) is 5.75 Å². The van der Waals surface area contributed by atoms with Gasteiger partial charge in [-0.2, -0.15) is 0 Å². The van der Waals surface area contributed by atoms with E-state index in [9.17, 15) is 4.79 Å². The molecule has 0 atom stereocenters. The number of benzene rings is 1. The van der Waals surface area contributed by atoms with E-state index in [1.54, 1.807) is 36.6 Å². The summed E-state index contributed by atoms with van der Waals surface area (Å²) in [4.78, 5) is 11.8. The number of carbonyl (C=O) groups excluding carboxylic acids is 1. The van der Waals surface area contributed by atoms with Crippen molar-refractivity contribution in [2.75, 3.05) is 23.9 Å². The highest BCUT2D eigenvalue weighted by Crippen LogP contribution is 2.26. The van der Waals surface area contributed by atoms with Gasteiger partial charge in [-0.15, -0.1) is 23.1 Å². The number of rotatable bonds is 5. The molecule has 100 valence electrons. The van der Waals surface area contributed by atoms with Crippen molar-refractivity contribution in [3.8, 4) is 5.75 Å². The zero-order chi connectivity index (χ0) is 13.7. The van der Waals surface area contributed by atoms with Gasteiger partial charge in [0, 0.05) is 6.07 Å². The average molecular weight is 294 g/mol. The molecule has 0 bridgehead atoms. The van der Waals surface area contributed by atoms with Gasteiger partial charge >= 0.3 is 0 Å². The molecule has 6 heteroatoms. The molecule has 2 rings (SSSR count). The molecule has 0 unspecified atom stereocenters. The van der Waals surface area contributed by atoms with Crippen molar-refractivity contribution in [1.29, 1.82) is 0 Å². The molecule has 1 aromatic heterocycles. The van der Waals surface area contributed by atoms with Gasteiger partial charge in [-0.25, -0.2) is 0 Å². The van der Waals surface area contributed by atoms with E-state index >= 15 is 0 Å². The van der Waals surface area contributed by atoms with E-state index < -0.39 is 0 Å². The number of anilines is 2. The monoisotopic (exact) mass is 294 g/mol. The largest absolute Gasteiger partial charge is 0.497 e. The van der Waals surface area contributed by atoms with E-state index in [0.29, 0.717) is 22.9 Å². The number of nitrogen functional groups attached to an aromatic ring is 1. The fraction of sp³-hybridized carbons (Fsp3) is 0.154. The zero-order valence-corrected chi connectivity index (χ0v) is 12.0. The highest BCUT2D eigenvalue weighted by molar-refractivity contribution is 8.01. The lowest BCUT2D eigenvalue weighted by atomic mass is 10.2. The van der Waals surface area contributed by atoms with Crippen LogP contribution in [0.4, 0.5) is 11.4 Å². The van der Waals surface area contributed by atoms with Gasteiger partial charge in [0.05, 0.1) is 28.4 Å². The van der Waals surface area contributed by atoms with Gasteiger partial charge < -0.3 is 15.8 Å². The van der Waals surface area contributed by atoms with Crippen LogP contribution in [0.1, 0.15) is 0 Å². The third kappa shape index (κ3) is 3.90. The topological polar surface area (TPSA) is 64.3 Å². The minimum Gasteiger partial charge on any atom is -0.497 e. The second-order valence-electron chi connectivity index (χ2n) is 3.72. The van der Waals surface area contributed by atoms with E-state index in [1.807, 2.05) is 17.5 Å². The summed E-state index contributed by atoms with van der Waals surface area (Å²) in [6.07, 6.45) is 0. The van der Waals surface area contributed by atoms with Crippen LogP contribution in [0.3, 0.4) is 0 Å². The fourth-order valence-electron chi connectivity index (χ4n) is 1.45. The molecule has 0 spiro atoms. The summed E-state index contributed by atoms with van der Waals surface area (Å²) >= 11 is 3.13. The fourth-order valence-corrected chi connectivity index (χ4v) is 3.03. The van der Waals surface area contributed by atoms with Gasteiger partial charge in [0.1, 0.15) is 5.75 Å². The van der Waals surface area contributed by atoms with Crippen molar-refractivity contribution in [2.45, 2.75) is 4.21 Å². The maximum Gasteiger partial charge on any atom is 0.234 e. The van der Waals surface area contributed by atoms with E-state index in [0.717, 1.165) is 4.21 Å². The Hall–Kier alpha value is -1.66. The number of ether oxygens (including phenoxy) is 1. The SMILES string of the molecule is COc1ccc(NC(=O)CSc2cccs2)c(N)c1. The summed E-state index contributed by atoms with van der Waals surface area (Å²) in [5.74, 6) is 0.963. The molecule has 0 aliphatic heterocycles. The molecule has 4 nitrogen and oxygen atoms in total. The van der Waals surface area contributed by atoms with Crippen LogP contribution in [-0.4, -0.2) is 18.8 Å². The Morgan fingerprint density at radius 2 is 2.32 bits per heavy atom. The third-order valence-electron chi connectivity index (χ3n) is 2.37. The number of thiophene rings is 1. The van der Waals surface area contributed by atoms with Crippen molar-refractivity contribution in [2.24, 2.45) is 0 Å². The van der Waals surface area contributed by atoms with Gasteiger partial charge in [-0.05, 0) is 23.6 Å². The molecule has 3 N–H and O–H groups in total. The minimum absolute atomic E-state index is 0.0738. The number of hydrogen-bond donors (Lipinski definition) is 2. The molecule has 0 saturated carbocycles. The molecule has 1 heterocycles. The van der Waals surface area contributed by atoms with Crippen molar-refractivity contribution in [1.82, 2.24) is 0 Å². The highest BCUT2D eigenvalue weighted by atomic mass is 32.2. The van der Waals surface area contributed by atoms with Crippen molar-refractivity contribution < 1.29 is 9.53 Å². The van der Waals surface area contributed by atoms with Crippen LogP contribution in [0.15, 0.2) is 39.9 Å². The second-order valence-corrected chi connectivity index (χ2v) is 5.95. The normalized spacial score (nSPS) is 10.2. The van der Waals surface area contributed by atoms with E-state index in [4.69, 9.17) is 10.5 Å². The molecule has 1 aromatic carbocycles. The molecule has 2 aromatic rings. The highest BCUT2D eigenvalue weighted by Gasteiger charge is 2.07. The molecule has 19 heavy (non-hydrogen) atoms. The van der Waals surface area contributed by atoms with E-state index in [1.165, 1.54) is 11.8 Å². The molecule has 0 aliphatic carbocycles. The zero-order valence-electron chi connectivity index (χ0n) is 10.4. The predicted octanol–water partition coefficient (Wildman–Crippen LogP) is 3.07. The first-order valence-electron chi connectivity index (χ1n) is 5.58. The Morgan fingerprint density at radius 1 is 1.47 bits per heavy atom. The lowest BCUT2D eigenvalue weighted by Gasteiger charge is -2.09. The maximum atomic E-state index is 11.8. The molecular weight excluding hydrogens is 280 g/mol. The molecule has 1 amide bonds. The Morgan fingerprint density at radius 3 is 2.95 bits per heavy atom. The summed E-state index contributed by atoms with van der Waals surface area (Å²) in [7, 11) is 1.57. The number of hydrogen-bond acceptors (Lipinski definition) is 5. The molecule has 0 saturated heterocycles. The Labute approximate surface area is 120 Å². The first kappa shape index (κ1) is 13.8. The molecular formula is C13H14N2O2S2. The van der Waals surface area contributed by atoms with Crippen LogP contribution >= 0.6 is 23.1 Å². The predicted molar refractivity (Wildman–Crippen MR) is 81.1 cm³/mol. The average Bonchev–Trinajstić information content (AvgIpc) is 2.92. The molecule has 0 aliphatic rings. The third-order valence-corrected chi connectivity index (χ3v) is 4.50. The van der Waals surface area contributed by atoms with Crippen molar-refractivity contribution in [3.05, 3.63) is 35.7 Å². The number of methoxy groups -OCH3 is 1. The number of nitrogens with one attached hydrogen (secondary N) is 1. The van der Waals surface area contributed by atoms with Gasteiger partial charge in [0.25, 0.3) is 0 Å². The number of amides is 1. The van der Waals surface area contributed by atoms with Crippen molar-refractivity contribution >= 4 is 40.4 Å². The molecule has 0 radical (unpaired) electrons. The maximum absolute atomic E-state index is 11.8. The van der Waals surface area contributed by atoms with E-state index in [2.05, 4.69) is 5.32 Å². The van der Waals surface area contributed by atoms with Gasteiger partial charge in [0.15, 0.2) is 0 Å². The quantitative estimate of drug-likeness (QED) is 0.657. The Bertz CT molecular complexity index is 556. The van der Waals surface area contributed by atoms with Crippen LogP contribution in [0.2, 0.25) is 0 Å². The van der Waals surface area contributed by atoms with E-state index in [-0.39, 0.29) is 5.91 Å². The number of carbonyl (C=O) groups is 1. The summed E-state index contributed by atoms with van der Waals surface area (Å²) in [5.41, 5.74) is 6.94. The van der Waals surface area contributed by atoms with Crippen LogP contribution in [0, 0.1) is 0 Å². The van der Waals surface area contributed by atoms with Crippen LogP contribution in [-0.2, 0) is 4.79 Å².